The SMILES string of the molecule is O=C1Cc2cc(I)ccc2N1Cc1ccc(Cl)cc1. The van der Waals surface area contributed by atoms with Crippen LogP contribution in [0.1, 0.15) is 11.1 Å². The Morgan fingerprint density at radius 1 is 1.16 bits per heavy atom. The van der Waals surface area contributed by atoms with Gasteiger partial charge in [0.2, 0.25) is 5.91 Å². The number of benzene rings is 2. The van der Waals surface area contributed by atoms with Gasteiger partial charge in [-0.05, 0) is 64.0 Å². The predicted molar refractivity (Wildman–Crippen MR) is 85.5 cm³/mol. The molecule has 1 aliphatic heterocycles. The maximum atomic E-state index is 12.1. The fourth-order valence-electron chi connectivity index (χ4n) is 2.30. The highest BCUT2D eigenvalue weighted by molar-refractivity contribution is 14.1. The van der Waals surface area contributed by atoms with E-state index < -0.39 is 0 Å². The second kappa shape index (κ2) is 5.13. The third-order valence-electron chi connectivity index (χ3n) is 3.23. The predicted octanol–water partition coefficient (Wildman–Crippen LogP) is 4.03. The minimum atomic E-state index is 0.159. The zero-order chi connectivity index (χ0) is 13.4. The maximum absolute atomic E-state index is 12.1. The van der Waals surface area contributed by atoms with Gasteiger partial charge in [0, 0.05) is 14.3 Å². The molecule has 1 amide bonds. The van der Waals surface area contributed by atoms with Crippen LogP contribution < -0.4 is 4.90 Å². The lowest BCUT2D eigenvalue weighted by Gasteiger charge is -2.17. The first-order chi connectivity index (χ1) is 9.13. The summed E-state index contributed by atoms with van der Waals surface area (Å²) in [5, 5.41) is 0.714. The van der Waals surface area contributed by atoms with Crippen molar-refractivity contribution in [3.63, 3.8) is 0 Å². The standard InChI is InChI=1S/C15H11ClINO/c16-12-3-1-10(2-4-12)9-18-14-6-5-13(17)7-11(14)8-15(18)19/h1-7H,8-9H2. The minimum absolute atomic E-state index is 0.159. The Morgan fingerprint density at radius 2 is 1.89 bits per heavy atom. The van der Waals surface area contributed by atoms with E-state index in [1.807, 2.05) is 41.3 Å². The van der Waals surface area contributed by atoms with Crippen LogP contribution in [0.3, 0.4) is 0 Å². The quantitative estimate of drug-likeness (QED) is 0.717. The maximum Gasteiger partial charge on any atom is 0.231 e. The lowest BCUT2D eigenvalue weighted by molar-refractivity contribution is -0.117. The molecule has 3 rings (SSSR count). The number of nitrogens with zero attached hydrogens (tertiary/aromatic N) is 1. The van der Waals surface area contributed by atoms with Crippen LogP contribution in [-0.4, -0.2) is 5.91 Å². The molecule has 0 unspecified atom stereocenters. The van der Waals surface area contributed by atoms with Gasteiger partial charge in [0.25, 0.3) is 0 Å². The van der Waals surface area contributed by atoms with Gasteiger partial charge in [0.1, 0.15) is 0 Å². The number of hydrogen-bond acceptors (Lipinski definition) is 1. The van der Waals surface area contributed by atoms with E-state index in [0.29, 0.717) is 18.0 Å². The van der Waals surface area contributed by atoms with Gasteiger partial charge in [-0.25, -0.2) is 0 Å². The number of carbonyl (C=O) groups is 1. The fourth-order valence-corrected chi connectivity index (χ4v) is 2.98. The minimum Gasteiger partial charge on any atom is -0.307 e. The molecule has 0 aromatic heterocycles. The Bertz CT molecular complexity index is 639. The van der Waals surface area contributed by atoms with Crippen molar-refractivity contribution in [2.24, 2.45) is 0 Å². The molecule has 4 heteroatoms. The first-order valence-electron chi connectivity index (χ1n) is 5.97. The van der Waals surface area contributed by atoms with Crippen molar-refractivity contribution in [3.05, 3.63) is 62.2 Å². The number of amides is 1. The second-order valence-electron chi connectivity index (χ2n) is 4.56. The van der Waals surface area contributed by atoms with Crippen molar-refractivity contribution in [3.8, 4) is 0 Å². The number of carbonyl (C=O) groups excluding carboxylic acids is 1. The summed E-state index contributed by atoms with van der Waals surface area (Å²) < 4.78 is 1.16. The molecule has 0 fully saturated rings. The highest BCUT2D eigenvalue weighted by Crippen LogP contribution is 2.31. The van der Waals surface area contributed by atoms with Crippen LogP contribution in [0.5, 0.6) is 0 Å². The Labute approximate surface area is 130 Å². The van der Waals surface area contributed by atoms with Crippen LogP contribution in [0, 0.1) is 3.57 Å². The Balaban J connectivity index is 1.90. The summed E-state index contributed by atoms with van der Waals surface area (Å²) in [6.45, 7) is 0.601. The monoisotopic (exact) mass is 383 g/mol. The number of anilines is 1. The van der Waals surface area contributed by atoms with E-state index in [0.717, 1.165) is 20.4 Å². The van der Waals surface area contributed by atoms with E-state index in [-0.39, 0.29) is 5.91 Å². The molecular weight excluding hydrogens is 373 g/mol. The van der Waals surface area contributed by atoms with Gasteiger partial charge >= 0.3 is 0 Å². The molecule has 0 spiro atoms. The third kappa shape index (κ3) is 2.62. The molecule has 2 nitrogen and oxygen atoms in total. The summed E-state index contributed by atoms with van der Waals surface area (Å²) >= 11 is 8.14. The number of rotatable bonds is 2. The Kier molecular flexibility index (Phi) is 3.50. The number of halogens is 2. The molecule has 0 atom stereocenters. The molecule has 19 heavy (non-hydrogen) atoms. The summed E-state index contributed by atoms with van der Waals surface area (Å²) in [5.41, 5.74) is 3.23. The van der Waals surface area contributed by atoms with E-state index in [1.54, 1.807) is 0 Å². The van der Waals surface area contributed by atoms with E-state index in [9.17, 15) is 4.79 Å². The molecule has 2 aromatic carbocycles. The normalized spacial score (nSPS) is 13.8. The van der Waals surface area contributed by atoms with Crippen molar-refractivity contribution >= 4 is 45.8 Å². The van der Waals surface area contributed by atoms with Crippen LogP contribution >= 0.6 is 34.2 Å². The lowest BCUT2D eigenvalue weighted by Crippen LogP contribution is -2.25. The third-order valence-corrected chi connectivity index (χ3v) is 4.15. The van der Waals surface area contributed by atoms with Gasteiger partial charge in [0.15, 0.2) is 0 Å². The molecular formula is C15H11ClINO. The molecule has 0 saturated heterocycles. The highest BCUT2D eigenvalue weighted by Gasteiger charge is 2.27. The van der Waals surface area contributed by atoms with E-state index >= 15 is 0 Å². The van der Waals surface area contributed by atoms with Gasteiger partial charge in [-0.15, -0.1) is 0 Å². The Morgan fingerprint density at radius 3 is 2.63 bits per heavy atom. The first-order valence-corrected chi connectivity index (χ1v) is 7.42. The van der Waals surface area contributed by atoms with Gasteiger partial charge in [-0.2, -0.15) is 0 Å². The summed E-state index contributed by atoms with van der Waals surface area (Å²) in [6.07, 6.45) is 0.500. The van der Waals surface area contributed by atoms with Crippen LogP contribution in [0.15, 0.2) is 42.5 Å². The van der Waals surface area contributed by atoms with Crippen LogP contribution in [0.2, 0.25) is 5.02 Å². The average Bonchev–Trinajstić information content (AvgIpc) is 2.68. The molecule has 0 aliphatic carbocycles. The van der Waals surface area contributed by atoms with Crippen LogP contribution in [0.4, 0.5) is 5.69 Å². The molecule has 1 aliphatic rings. The van der Waals surface area contributed by atoms with Crippen molar-refractivity contribution < 1.29 is 4.79 Å². The molecule has 0 saturated carbocycles. The molecule has 0 N–H and O–H groups in total. The summed E-state index contributed by atoms with van der Waals surface area (Å²) in [4.78, 5) is 14.0. The smallest absolute Gasteiger partial charge is 0.231 e. The van der Waals surface area contributed by atoms with Crippen LogP contribution in [-0.2, 0) is 17.8 Å². The van der Waals surface area contributed by atoms with Gasteiger partial charge in [0.05, 0.1) is 13.0 Å². The zero-order valence-corrected chi connectivity index (χ0v) is 13.0. The van der Waals surface area contributed by atoms with E-state index in [2.05, 4.69) is 28.7 Å². The van der Waals surface area contributed by atoms with E-state index in [4.69, 9.17) is 11.6 Å². The highest BCUT2D eigenvalue weighted by atomic mass is 127. The zero-order valence-electron chi connectivity index (χ0n) is 10.1. The summed E-state index contributed by atoms with van der Waals surface area (Å²) in [6, 6.07) is 13.8. The average molecular weight is 384 g/mol. The lowest BCUT2D eigenvalue weighted by atomic mass is 10.1. The topological polar surface area (TPSA) is 20.3 Å². The van der Waals surface area contributed by atoms with Gasteiger partial charge in [-0.3, -0.25) is 4.79 Å². The number of fused-ring (bicyclic) bond motifs is 1. The molecule has 96 valence electrons. The fraction of sp³-hybridized carbons (Fsp3) is 0.133. The number of hydrogen-bond donors (Lipinski definition) is 0. The molecule has 2 aromatic rings. The van der Waals surface area contributed by atoms with Crippen molar-refractivity contribution in [2.75, 3.05) is 4.90 Å². The summed E-state index contributed by atoms with van der Waals surface area (Å²) in [7, 11) is 0. The Hall–Kier alpha value is -1.07. The van der Waals surface area contributed by atoms with Crippen LogP contribution in [0.25, 0.3) is 0 Å². The molecule has 0 bridgehead atoms. The second-order valence-corrected chi connectivity index (χ2v) is 6.24. The molecule has 1 heterocycles. The van der Waals surface area contributed by atoms with Crippen molar-refractivity contribution in [1.29, 1.82) is 0 Å². The van der Waals surface area contributed by atoms with Gasteiger partial charge < -0.3 is 4.90 Å². The summed E-state index contributed by atoms with van der Waals surface area (Å²) in [5.74, 6) is 0.159. The largest absolute Gasteiger partial charge is 0.307 e. The van der Waals surface area contributed by atoms with Crippen molar-refractivity contribution in [2.45, 2.75) is 13.0 Å². The van der Waals surface area contributed by atoms with E-state index in [1.165, 1.54) is 0 Å². The first kappa shape index (κ1) is 12.9. The van der Waals surface area contributed by atoms with Gasteiger partial charge in [-0.1, -0.05) is 23.7 Å². The molecule has 0 radical (unpaired) electrons. The van der Waals surface area contributed by atoms with Crippen molar-refractivity contribution in [1.82, 2.24) is 0 Å².